The highest BCUT2D eigenvalue weighted by Crippen LogP contribution is 2.24. The van der Waals surface area contributed by atoms with Crippen LogP contribution in [0.25, 0.3) is 10.9 Å². The van der Waals surface area contributed by atoms with Crippen molar-refractivity contribution in [3.63, 3.8) is 0 Å². The van der Waals surface area contributed by atoms with Gasteiger partial charge in [0.1, 0.15) is 5.82 Å². The number of aliphatic carboxylic acids is 1. The first-order valence-electron chi connectivity index (χ1n) is 6.07. The SMILES string of the molecule is O=C(O)C1CCN(c2ccc3ccccc3n2)C1. The molecule has 0 bridgehead atoms. The molecule has 4 heteroatoms. The van der Waals surface area contributed by atoms with Crippen molar-refractivity contribution in [1.29, 1.82) is 0 Å². The van der Waals surface area contributed by atoms with Crippen molar-refractivity contribution in [2.75, 3.05) is 18.0 Å². The molecule has 1 aromatic carbocycles. The summed E-state index contributed by atoms with van der Waals surface area (Å²) in [6.45, 7) is 1.32. The summed E-state index contributed by atoms with van der Waals surface area (Å²) in [7, 11) is 0. The maximum Gasteiger partial charge on any atom is 0.308 e. The van der Waals surface area contributed by atoms with Gasteiger partial charge in [-0.2, -0.15) is 0 Å². The lowest BCUT2D eigenvalue weighted by molar-refractivity contribution is -0.140. The average Bonchev–Trinajstić information content (AvgIpc) is 2.88. The first kappa shape index (κ1) is 11.0. The molecule has 1 N–H and O–H groups in total. The number of pyridine rings is 1. The van der Waals surface area contributed by atoms with Crippen molar-refractivity contribution in [2.24, 2.45) is 5.92 Å². The summed E-state index contributed by atoms with van der Waals surface area (Å²) in [5, 5.41) is 10.1. The number of hydrogen-bond acceptors (Lipinski definition) is 3. The number of fused-ring (bicyclic) bond motifs is 1. The van der Waals surface area contributed by atoms with Crippen LogP contribution in [0.2, 0.25) is 0 Å². The predicted octanol–water partition coefficient (Wildman–Crippen LogP) is 2.15. The van der Waals surface area contributed by atoms with Gasteiger partial charge >= 0.3 is 5.97 Å². The van der Waals surface area contributed by atoms with Gasteiger partial charge in [-0.1, -0.05) is 18.2 Å². The Labute approximate surface area is 105 Å². The number of nitrogens with zero attached hydrogens (tertiary/aromatic N) is 2. The maximum absolute atomic E-state index is 10.9. The molecule has 1 unspecified atom stereocenters. The minimum atomic E-state index is -0.710. The highest BCUT2D eigenvalue weighted by molar-refractivity contribution is 5.80. The third-order valence-electron chi connectivity index (χ3n) is 3.45. The summed E-state index contributed by atoms with van der Waals surface area (Å²) >= 11 is 0. The number of carbonyl (C=O) groups is 1. The molecule has 0 radical (unpaired) electrons. The number of carboxylic acids is 1. The van der Waals surface area contributed by atoms with Gasteiger partial charge in [0.15, 0.2) is 0 Å². The van der Waals surface area contributed by atoms with Gasteiger partial charge in [-0.25, -0.2) is 4.98 Å². The van der Waals surface area contributed by atoms with E-state index in [-0.39, 0.29) is 5.92 Å². The Morgan fingerprint density at radius 2 is 2.11 bits per heavy atom. The second-order valence-corrected chi connectivity index (χ2v) is 4.63. The molecule has 2 aromatic rings. The van der Waals surface area contributed by atoms with E-state index in [0.717, 1.165) is 23.3 Å². The predicted molar refractivity (Wildman–Crippen MR) is 69.7 cm³/mol. The van der Waals surface area contributed by atoms with Gasteiger partial charge in [0.2, 0.25) is 0 Å². The number of hydrogen-bond donors (Lipinski definition) is 1. The summed E-state index contributed by atoms with van der Waals surface area (Å²) in [4.78, 5) is 17.6. The zero-order chi connectivity index (χ0) is 12.5. The second-order valence-electron chi connectivity index (χ2n) is 4.63. The lowest BCUT2D eigenvalue weighted by atomic mass is 10.1. The maximum atomic E-state index is 10.9. The minimum Gasteiger partial charge on any atom is -0.481 e. The molecular weight excluding hydrogens is 228 g/mol. The smallest absolute Gasteiger partial charge is 0.308 e. The Hall–Kier alpha value is -2.10. The molecular formula is C14H14N2O2. The van der Waals surface area contributed by atoms with Crippen LogP contribution >= 0.6 is 0 Å². The number of para-hydroxylation sites is 1. The molecule has 18 heavy (non-hydrogen) atoms. The Morgan fingerprint density at radius 3 is 2.89 bits per heavy atom. The zero-order valence-electron chi connectivity index (χ0n) is 9.91. The van der Waals surface area contributed by atoms with E-state index in [0.29, 0.717) is 13.0 Å². The minimum absolute atomic E-state index is 0.265. The lowest BCUT2D eigenvalue weighted by Crippen LogP contribution is -2.23. The van der Waals surface area contributed by atoms with Crippen molar-refractivity contribution in [2.45, 2.75) is 6.42 Å². The van der Waals surface area contributed by atoms with Crippen molar-refractivity contribution < 1.29 is 9.90 Å². The largest absolute Gasteiger partial charge is 0.481 e. The van der Waals surface area contributed by atoms with Gasteiger partial charge < -0.3 is 10.0 Å². The number of aromatic nitrogens is 1. The summed E-state index contributed by atoms with van der Waals surface area (Å²) < 4.78 is 0. The molecule has 1 saturated heterocycles. The topological polar surface area (TPSA) is 53.4 Å². The van der Waals surface area contributed by atoms with E-state index in [1.54, 1.807) is 0 Å². The highest BCUT2D eigenvalue weighted by atomic mass is 16.4. The number of benzene rings is 1. The fraction of sp³-hybridized carbons (Fsp3) is 0.286. The molecule has 0 saturated carbocycles. The van der Waals surface area contributed by atoms with Gasteiger partial charge in [-0.3, -0.25) is 4.79 Å². The highest BCUT2D eigenvalue weighted by Gasteiger charge is 2.28. The lowest BCUT2D eigenvalue weighted by Gasteiger charge is -2.17. The molecule has 2 heterocycles. The number of anilines is 1. The van der Waals surface area contributed by atoms with E-state index in [1.807, 2.05) is 41.3 Å². The van der Waals surface area contributed by atoms with Gasteiger partial charge in [0, 0.05) is 18.5 Å². The van der Waals surface area contributed by atoms with Crippen LogP contribution in [-0.4, -0.2) is 29.1 Å². The van der Waals surface area contributed by atoms with Crippen LogP contribution in [0.1, 0.15) is 6.42 Å². The molecule has 3 rings (SSSR count). The van der Waals surface area contributed by atoms with E-state index >= 15 is 0 Å². The monoisotopic (exact) mass is 242 g/mol. The van der Waals surface area contributed by atoms with Crippen LogP contribution in [-0.2, 0) is 4.79 Å². The van der Waals surface area contributed by atoms with E-state index in [2.05, 4.69) is 4.98 Å². The summed E-state index contributed by atoms with van der Waals surface area (Å²) in [5.41, 5.74) is 0.953. The summed E-state index contributed by atoms with van der Waals surface area (Å²) in [6, 6.07) is 11.9. The number of rotatable bonds is 2. The van der Waals surface area contributed by atoms with Crippen LogP contribution in [0, 0.1) is 5.92 Å². The van der Waals surface area contributed by atoms with Crippen molar-refractivity contribution in [3.8, 4) is 0 Å². The van der Waals surface area contributed by atoms with E-state index in [9.17, 15) is 4.79 Å². The first-order valence-corrected chi connectivity index (χ1v) is 6.07. The molecule has 4 nitrogen and oxygen atoms in total. The zero-order valence-corrected chi connectivity index (χ0v) is 9.91. The van der Waals surface area contributed by atoms with Crippen molar-refractivity contribution in [1.82, 2.24) is 4.98 Å². The van der Waals surface area contributed by atoms with Gasteiger partial charge in [-0.05, 0) is 24.6 Å². The molecule has 0 amide bonds. The standard InChI is InChI=1S/C14H14N2O2/c17-14(18)11-7-8-16(9-11)13-6-5-10-3-1-2-4-12(10)15-13/h1-6,11H,7-9H2,(H,17,18). The first-order chi connectivity index (χ1) is 8.74. The van der Waals surface area contributed by atoms with Crippen LogP contribution in [0.4, 0.5) is 5.82 Å². The fourth-order valence-electron chi connectivity index (χ4n) is 2.40. The van der Waals surface area contributed by atoms with Crippen molar-refractivity contribution >= 4 is 22.7 Å². The van der Waals surface area contributed by atoms with E-state index < -0.39 is 5.97 Å². The molecule has 1 atom stereocenters. The van der Waals surface area contributed by atoms with Gasteiger partial charge in [-0.15, -0.1) is 0 Å². The fourth-order valence-corrected chi connectivity index (χ4v) is 2.40. The molecule has 0 aliphatic carbocycles. The van der Waals surface area contributed by atoms with Crippen LogP contribution in [0.3, 0.4) is 0 Å². The molecule has 1 fully saturated rings. The Bertz CT molecular complexity index is 597. The molecule has 0 spiro atoms. The normalized spacial score (nSPS) is 19.3. The Morgan fingerprint density at radius 1 is 1.28 bits per heavy atom. The second kappa shape index (κ2) is 4.29. The summed E-state index contributed by atoms with van der Waals surface area (Å²) in [6.07, 6.45) is 0.698. The van der Waals surface area contributed by atoms with Gasteiger partial charge in [0.05, 0.1) is 11.4 Å². The molecule has 1 aromatic heterocycles. The Balaban J connectivity index is 1.89. The molecule has 1 aliphatic rings. The quantitative estimate of drug-likeness (QED) is 0.876. The molecule has 1 aliphatic heterocycles. The summed E-state index contributed by atoms with van der Waals surface area (Å²) in [5.74, 6) is -0.103. The Kier molecular flexibility index (Phi) is 2.63. The molecule has 92 valence electrons. The number of carboxylic acid groups (broad SMARTS) is 1. The average molecular weight is 242 g/mol. The van der Waals surface area contributed by atoms with Gasteiger partial charge in [0.25, 0.3) is 0 Å². The third kappa shape index (κ3) is 1.90. The van der Waals surface area contributed by atoms with E-state index in [1.165, 1.54) is 0 Å². The van der Waals surface area contributed by atoms with E-state index in [4.69, 9.17) is 5.11 Å². The third-order valence-corrected chi connectivity index (χ3v) is 3.45. The van der Waals surface area contributed by atoms with Crippen LogP contribution in [0.15, 0.2) is 36.4 Å². The van der Waals surface area contributed by atoms with Crippen LogP contribution < -0.4 is 4.90 Å². The van der Waals surface area contributed by atoms with Crippen LogP contribution in [0.5, 0.6) is 0 Å². The van der Waals surface area contributed by atoms with Crippen molar-refractivity contribution in [3.05, 3.63) is 36.4 Å².